The molecule has 1 amide bonds. The highest BCUT2D eigenvalue weighted by atomic mass is 32.2. The fourth-order valence-electron chi connectivity index (χ4n) is 2.44. The van der Waals surface area contributed by atoms with Crippen molar-refractivity contribution in [3.8, 4) is 5.75 Å². The van der Waals surface area contributed by atoms with Crippen molar-refractivity contribution in [3.05, 3.63) is 78.2 Å². The Bertz CT molecular complexity index is 1200. The Hall–Kier alpha value is -3.32. The number of para-hydroxylation sites is 1. The van der Waals surface area contributed by atoms with E-state index in [-0.39, 0.29) is 5.75 Å². The summed E-state index contributed by atoms with van der Waals surface area (Å²) < 4.78 is 21.6. The molecule has 2 aromatic rings. The summed E-state index contributed by atoms with van der Waals surface area (Å²) in [7, 11) is 0. The molecular weight excluding hydrogens is 366 g/mol. The fourth-order valence-corrected chi connectivity index (χ4v) is 2.99. The second kappa shape index (κ2) is 7.51. The van der Waals surface area contributed by atoms with Crippen molar-refractivity contribution in [1.82, 2.24) is 0 Å². The first-order valence-electron chi connectivity index (χ1n) is 8.06. The Morgan fingerprint density at radius 3 is 2.89 bits per heavy atom. The second-order valence-corrected chi connectivity index (χ2v) is 6.36. The molecule has 1 aromatic heterocycles. The van der Waals surface area contributed by atoms with E-state index in [1.807, 2.05) is 30.5 Å². The molecule has 0 aliphatic carbocycles. The van der Waals surface area contributed by atoms with Crippen LogP contribution in [0.15, 0.2) is 85.5 Å². The first-order chi connectivity index (χ1) is 13.2. The van der Waals surface area contributed by atoms with E-state index in [9.17, 15) is 4.79 Å². The van der Waals surface area contributed by atoms with Crippen LogP contribution in [-0.2, 0) is 0 Å². The number of hydrogen-bond acceptors (Lipinski definition) is 6. The van der Waals surface area contributed by atoms with E-state index in [0.717, 1.165) is 10.3 Å². The van der Waals surface area contributed by atoms with Crippen LogP contribution in [0.3, 0.4) is 0 Å². The topological polar surface area (TPSA) is 77.8 Å². The van der Waals surface area contributed by atoms with E-state index < -0.39 is 6.09 Å². The summed E-state index contributed by atoms with van der Waals surface area (Å²) in [5, 5.41) is 3.52. The van der Waals surface area contributed by atoms with Gasteiger partial charge < -0.3 is 18.0 Å². The SMILES string of the molecule is CSc1ccccc1NC(=O)Oc1cccocc2ccoc2cc2oc1=2. The summed E-state index contributed by atoms with van der Waals surface area (Å²) in [6.45, 7) is 0. The Balaban J connectivity index is 1.67. The number of benzene rings is 1. The maximum absolute atomic E-state index is 12.3. The number of carbonyl (C=O) groups is 1. The molecule has 0 saturated heterocycles. The maximum Gasteiger partial charge on any atom is 0.417 e. The minimum atomic E-state index is -0.612. The number of anilines is 1. The van der Waals surface area contributed by atoms with E-state index >= 15 is 0 Å². The predicted molar refractivity (Wildman–Crippen MR) is 102 cm³/mol. The van der Waals surface area contributed by atoms with Gasteiger partial charge in [-0.1, -0.05) is 12.1 Å². The van der Waals surface area contributed by atoms with Crippen molar-refractivity contribution in [2.45, 2.75) is 4.90 Å². The average molecular weight is 381 g/mol. The average Bonchev–Trinajstić information content (AvgIpc) is 3.30. The molecule has 6 nitrogen and oxygen atoms in total. The van der Waals surface area contributed by atoms with Gasteiger partial charge in [0.2, 0.25) is 5.42 Å². The normalized spacial score (nSPS) is 10.7. The summed E-state index contributed by atoms with van der Waals surface area (Å²) in [5.74, 6) is 0.273. The highest BCUT2D eigenvalue weighted by Gasteiger charge is 2.13. The van der Waals surface area contributed by atoms with Crippen LogP contribution in [0.1, 0.15) is 0 Å². The summed E-state index contributed by atoms with van der Waals surface area (Å²) in [5.41, 5.74) is 2.31. The standard InChI is InChI=1S/C20H15NO5S/c1-27-18-7-3-2-5-14(18)21-20(22)26-15-6-4-9-23-12-13-8-10-24-16(13)11-17-19(15)25-17/h2-12H,1H3,(H,21,22). The molecule has 4 rings (SSSR count). The number of fused-ring (bicyclic) bond motifs is 1. The maximum atomic E-state index is 12.3. The van der Waals surface area contributed by atoms with E-state index in [2.05, 4.69) is 5.32 Å². The monoisotopic (exact) mass is 381 g/mol. The lowest BCUT2D eigenvalue weighted by Gasteiger charge is -2.08. The molecule has 2 aliphatic heterocycles. The Kier molecular flexibility index (Phi) is 4.76. The van der Waals surface area contributed by atoms with Crippen LogP contribution < -0.4 is 10.1 Å². The van der Waals surface area contributed by atoms with Crippen LogP contribution in [0.4, 0.5) is 10.5 Å². The number of ether oxygens (including phenoxy) is 1. The van der Waals surface area contributed by atoms with Crippen LogP contribution in [0.2, 0.25) is 0 Å². The molecular formula is C20H15NO5S. The molecule has 0 unspecified atom stereocenters. The minimum absolute atomic E-state index is 0.273. The van der Waals surface area contributed by atoms with Crippen LogP contribution in [0.5, 0.6) is 5.75 Å². The number of hydrogen-bond donors (Lipinski definition) is 1. The lowest BCUT2D eigenvalue weighted by Crippen LogP contribution is -2.17. The summed E-state index contributed by atoms with van der Waals surface area (Å²) in [6.07, 6.45) is 5.91. The first-order valence-corrected chi connectivity index (χ1v) is 9.29. The Morgan fingerprint density at radius 1 is 1.11 bits per heavy atom. The zero-order valence-electron chi connectivity index (χ0n) is 14.3. The molecule has 0 atom stereocenters. The van der Waals surface area contributed by atoms with Gasteiger partial charge in [-0.3, -0.25) is 5.32 Å². The molecule has 136 valence electrons. The van der Waals surface area contributed by atoms with Crippen LogP contribution in [0.25, 0.3) is 11.0 Å². The van der Waals surface area contributed by atoms with Crippen molar-refractivity contribution in [1.29, 1.82) is 0 Å². The summed E-state index contributed by atoms with van der Waals surface area (Å²) in [6, 6.07) is 14.2. The van der Waals surface area contributed by atoms with Crippen LogP contribution >= 0.6 is 11.8 Å². The largest absolute Gasteiger partial charge is 0.472 e. The van der Waals surface area contributed by atoms with E-state index in [1.165, 1.54) is 18.0 Å². The quantitative estimate of drug-likeness (QED) is 0.452. The smallest absolute Gasteiger partial charge is 0.417 e. The van der Waals surface area contributed by atoms with Crippen LogP contribution in [-0.4, -0.2) is 12.3 Å². The molecule has 0 radical (unpaired) electrons. The van der Waals surface area contributed by atoms with Gasteiger partial charge >= 0.3 is 6.09 Å². The molecule has 7 heteroatoms. The van der Waals surface area contributed by atoms with Crippen molar-refractivity contribution < 1.29 is 22.8 Å². The number of carbonyl (C=O) groups excluding carboxylic acids is 1. The van der Waals surface area contributed by atoms with Gasteiger partial charge in [-0.25, -0.2) is 4.79 Å². The van der Waals surface area contributed by atoms with Crippen molar-refractivity contribution >= 4 is 34.5 Å². The predicted octanol–water partition coefficient (Wildman–Crippen LogP) is 5.80. The molecule has 1 aromatic carbocycles. The van der Waals surface area contributed by atoms with Gasteiger partial charge in [0.25, 0.3) is 0 Å². The lowest BCUT2D eigenvalue weighted by molar-refractivity contribution is 0.214. The molecule has 3 heterocycles. The molecule has 0 fully saturated rings. The molecule has 0 saturated carbocycles. The molecule has 0 bridgehead atoms. The van der Waals surface area contributed by atoms with Gasteiger partial charge in [-0.2, -0.15) is 0 Å². The highest BCUT2D eigenvalue weighted by Crippen LogP contribution is 2.26. The zero-order chi connectivity index (χ0) is 18.6. The molecule has 27 heavy (non-hydrogen) atoms. The van der Waals surface area contributed by atoms with Gasteiger partial charge in [0.05, 0.1) is 23.6 Å². The van der Waals surface area contributed by atoms with E-state index in [1.54, 1.807) is 36.8 Å². The first kappa shape index (κ1) is 17.1. The number of nitrogens with one attached hydrogen (secondary N) is 1. The number of furan rings is 1. The molecule has 0 spiro atoms. The highest BCUT2D eigenvalue weighted by molar-refractivity contribution is 7.98. The Morgan fingerprint density at radius 2 is 2.00 bits per heavy atom. The third kappa shape index (κ3) is 3.93. The number of amides is 1. The minimum Gasteiger partial charge on any atom is -0.472 e. The third-order valence-corrected chi connectivity index (χ3v) is 4.55. The fraction of sp³-hybridized carbons (Fsp3) is 0.0500. The van der Waals surface area contributed by atoms with Gasteiger partial charge in [0.15, 0.2) is 11.2 Å². The van der Waals surface area contributed by atoms with Crippen molar-refractivity contribution in [2.75, 3.05) is 11.6 Å². The summed E-state index contributed by atoms with van der Waals surface area (Å²) in [4.78, 5) is 13.3. The van der Waals surface area contributed by atoms with Gasteiger partial charge in [-0.15, -0.1) is 11.8 Å². The lowest BCUT2D eigenvalue weighted by atomic mass is 10.3. The zero-order valence-corrected chi connectivity index (χ0v) is 15.1. The van der Waals surface area contributed by atoms with E-state index in [0.29, 0.717) is 22.1 Å². The van der Waals surface area contributed by atoms with Gasteiger partial charge in [-0.05, 0) is 36.6 Å². The molecule has 2 aliphatic rings. The van der Waals surface area contributed by atoms with Gasteiger partial charge in [0, 0.05) is 11.0 Å². The number of rotatable bonds is 3. The summed E-state index contributed by atoms with van der Waals surface area (Å²) >= 11 is 1.53. The Labute approximate surface area is 158 Å². The second-order valence-electron chi connectivity index (χ2n) is 5.51. The van der Waals surface area contributed by atoms with E-state index in [4.69, 9.17) is 18.0 Å². The van der Waals surface area contributed by atoms with Crippen LogP contribution in [0, 0.1) is 10.8 Å². The molecule has 1 N–H and O–H groups in total. The van der Waals surface area contributed by atoms with Gasteiger partial charge in [0.1, 0.15) is 11.8 Å². The number of thioether (sulfide) groups is 1. The van der Waals surface area contributed by atoms with Crippen molar-refractivity contribution in [2.24, 2.45) is 0 Å². The van der Waals surface area contributed by atoms with Crippen molar-refractivity contribution in [3.63, 3.8) is 0 Å². The third-order valence-electron chi connectivity index (χ3n) is 3.75.